The summed E-state index contributed by atoms with van der Waals surface area (Å²) in [5, 5.41) is 2.37. The van der Waals surface area contributed by atoms with E-state index in [-0.39, 0.29) is 17.1 Å². The van der Waals surface area contributed by atoms with E-state index in [0.717, 1.165) is 26.2 Å². The quantitative estimate of drug-likeness (QED) is 0.702. The van der Waals surface area contributed by atoms with Crippen LogP contribution in [0.2, 0.25) is 0 Å². The van der Waals surface area contributed by atoms with E-state index in [9.17, 15) is 35.2 Å². The summed E-state index contributed by atoms with van der Waals surface area (Å²) in [5.74, 6) is -7.63. The Bertz CT molecular complexity index is 954. The lowest BCUT2D eigenvalue weighted by molar-refractivity contribution is -0.272. The molecule has 0 radical (unpaired) electrons. The molecule has 0 unspecified atom stereocenters. The Morgan fingerprint density at radius 1 is 1.27 bits per heavy atom. The zero-order valence-electron chi connectivity index (χ0n) is 16.2. The molecule has 0 aliphatic carbocycles. The first kappa shape index (κ1) is 22.7. The highest BCUT2D eigenvalue weighted by Crippen LogP contribution is 2.54. The highest BCUT2D eigenvalue weighted by atomic mass is 32.2. The van der Waals surface area contributed by atoms with Gasteiger partial charge >= 0.3 is 6.18 Å². The largest absolute Gasteiger partial charge is 0.493 e. The van der Waals surface area contributed by atoms with Gasteiger partial charge in [0, 0.05) is 17.4 Å². The normalized spacial score (nSPS) is 31.3. The van der Waals surface area contributed by atoms with Crippen molar-refractivity contribution in [3.05, 3.63) is 29.3 Å². The fourth-order valence-electron chi connectivity index (χ4n) is 3.97. The molecule has 0 bridgehead atoms. The van der Waals surface area contributed by atoms with E-state index in [2.05, 4.69) is 5.32 Å². The molecular weight excluding hydrogens is 437 g/mol. The second-order valence-electron chi connectivity index (χ2n) is 7.72. The van der Waals surface area contributed by atoms with Crippen LogP contribution in [0.1, 0.15) is 25.3 Å². The highest BCUT2D eigenvalue weighted by molar-refractivity contribution is 7.92. The third-order valence-corrected chi connectivity index (χ3v) is 7.65. The summed E-state index contributed by atoms with van der Waals surface area (Å²) < 4.78 is 102. The van der Waals surface area contributed by atoms with Crippen LogP contribution < -0.4 is 10.1 Å². The minimum Gasteiger partial charge on any atom is -0.493 e. The number of benzene rings is 1. The number of amides is 1. The molecule has 1 aromatic carbocycles. The van der Waals surface area contributed by atoms with Crippen molar-refractivity contribution in [2.75, 3.05) is 18.6 Å². The molecule has 2 aliphatic heterocycles. The number of methoxy groups -OCH3 is 1. The number of rotatable bonds is 4. The SMILES string of the molecule is COc1c([C@H]2[C@H](C(=O)NC3CS(=O)(=O)C3)O[C@@](C)(C(F)(F)F)[C@H]2C)ccc(F)c1F. The highest BCUT2D eigenvalue weighted by Gasteiger charge is 2.66. The van der Waals surface area contributed by atoms with Crippen molar-refractivity contribution in [3.8, 4) is 5.75 Å². The molecule has 0 saturated carbocycles. The van der Waals surface area contributed by atoms with Crippen LogP contribution in [0.3, 0.4) is 0 Å². The molecule has 0 aromatic heterocycles. The predicted molar refractivity (Wildman–Crippen MR) is 94.7 cm³/mol. The van der Waals surface area contributed by atoms with Crippen LogP contribution in [0.15, 0.2) is 12.1 Å². The average molecular weight is 457 g/mol. The molecule has 2 aliphatic rings. The van der Waals surface area contributed by atoms with E-state index in [1.54, 1.807) is 0 Å². The minimum absolute atomic E-state index is 0.154. The van der Waals surface area contributed by atoms with Crippen LogP contribution in [0.4, 0.5) is 22.0 Å². The molecule has 1 N–H and O–H groups in total. The van der Waals surface area contributed by atoms with Gasteiger partial charge in [-0.15, -0.1) is 0 Å². The minimum atomic E-state index is -4.87. The second kappa shape index (κ2) is 7.33. The van der Waals surface area contributed by atoms with Crippen molar-refractivity contribution < 1.29 is 44.6 Å². The maximum absolute atomic E-state index is 14.2. The second-order valence-corrected chi connectivity index (χ2v) is 9.88. The number of hydrogen-bond donors (Lipinski definition) is 1. The Labute approximate surface area is 169 Å². The van der Waals surface area contributed by atoms with Crippen LogP contribution in [-0.2, 0) is 19.4 Å². The Morgan fingerprint density at radius 2 is 1.87 bits per heavy atom. The fourth-order valence-corrected chi connectivity index (χ4v) is 5.27. The van der Waals surface area contributed by atoms with Gasteiger partial charge in [0.05, 0.1) is 24.7 Å². The average Bonchev–Trinajstić information content (AvgIpc) is 2.88. The van der Waals surface area contributed by atoms with Crippen molar-refractivity contribution >= 4 is 15.7 Å². The van der Waals surface area contributed by atoms with Crippen molar-refractivity contribution in [2.45, 2.75) is 43.7 Å². The lowest BCUT2D eigenvalue weighted by Gasteiger charge is -2.32. The van der Waals surface area contributed by atoms with Crippen molar-refractivity contribution in [1.82, 2.24) is 5.32 Å². The van der Waals surface area contributed by atoms with Gasteiger partial charge in [-0.3, -0.25) is 4.79 Å². The first-order valence-corrected chi connectivity index (χ1v) is 10.8. The number of alkyl halides is 3. The van der Waals surface area contributed by atoms with Gasteiger partial charge < -0.3 is 14.8 Å². The molecule has 4 atom stereocenters. The molecule has 1 amide bonds. The van der Waals surface area contributed by atoms with Crippen LogP contribution in [0.5, 0.6) is 5.75 Å². The number of sulfone groups is 1. The summed E-state index contributed by atoms with van der Waals surface area (Å²) >= 11 is 0. The Balaban J connectivity index is 2.03. The number of carbonyl (C=O) groups is 1. The molecule has 2 fully saturated rings. The van der Waals surface area contributed by atoms with E-state index < -0.39 is 68.9 Å². The topological polar surface area (TPSA) is 81.7 Å². The number of hydrogen-bond acceptors (Lipinski definition) is 5. The van der Waals surface area contributed by atoms with Gasteiger partial charge in [0.25, 0.3) is 0 Å². The first-order chi connectivity index (χ1) is 13.7. The molecule has 2 saturated heterocycles. The Hall–Kier alpha value is -1.95. The molecule has 0 spiro atoms. The zero-order valence-corrected chi connectivity index (χ0v) is 17.0. The van der Waals surface area contributed by atoms with E-state index in [1.807, 2.05) is 0 Å². The maximum Gasteiger partial charge on any atom is 0.417 e. The standard InChI is InChI=1S/C18H20F5NO5S/c1-8-12(10-4-5-11(19)13(20)14(10)28-3)15(29-17(8,2)18(21,22)23)16(25)24-9-6-30(26,27)7-9/h4-5,8-9,12,15H,6-7H2,1-3H3,(H,24,25)/t8-,12-,15+,17+/m0/s1. The summed E-state index contributed by atoms with van der Waals surface area (Å²) in [4.78, 5) is 12.7. The molecule has 30 heavy (non-hydrogen) atoms. The van der Waals surface area contributed by atoms with Crippen LogP contribution in [-0.4, -0.2) is 56.9 Å². The van der Waals surface area contributed by atoms with Crippen molar-refractivity contribution in [2.24, 2.45) is 5.92 Å². The lowest BCUT2D eigenvalue weighted by Crippen LogP contribution is -2.56. The van der Waals surface area contributed by atoms with Gasteiger partial charge in [-0.2, -0.15) is 17.6 Å². The molecular formula is C18H20F5NO5S. The van der Waals surface area contributed by atoms with Gasteiger partial charge in [0.2, 0.25) is 11.7 Å². The number of ether oxygens (including phenoxy) is 2. The van der Waals surface area contributed by atoms with E-state index in [4.69, 9.17) is 9.47 Å². The third-order valence-electron chi connectivity index (χ3n) is 5.83. The van der Waals surface area contributed by atoms with Crippen LogP contribution in [0, 0.1) is 17.6 Å². The third kappa shape index (κ3) is 3.64. The maximum atomic E-state index is 14.2. The monoisotopic (exact) mass is 457 g/mol. The Kier molecular flexibility index (Phi) is 5.55. The van der Waals surface area contributed by atoms with Gasteiger partial charge in [0.1, 0.15) is 6.10 Å². The van der Waals surface area contributed by atoms with E-state index in [1.165, 1.54) is 6.92 Å². The summed E-state index contributed by atoms with van der Waals surface area (Å²) in [5.41, 5.74) is -2.92. The van der Waals surface area contributed by atoms with E-state index >= 15 is 0 Å². The van der Waals surface area contributed by atoms with Crippen molar-refractivity contribution in [1.29, 1.82) is 0 Å². The van der Waals surface area contributed by atoms with Gasteiger partial charge in [-0.05, 0) is 13.0 Å². The smallest absolute Gasteiger partial charge is 0.417 e. The number of nitrogens with one attached hydrogen (secondary N) is 1. The Morgan fingerprint density at radius 3 is 2.37 bits per heavy atom. The van der Waals surface area contributed by atoms with E-state index in [0.29, 0.717) is 0 Å². The number of halogens is 5. The predicted octanol–water partition coefficient (Wildman–Crippen LogP) is 2.33. The van der Waals surface area contributed by atoms with Crippen LogP contribution >= 0.6 is 0 Å². The summed E-state index contributed by atoms with van der Waals surface area (Å²) in [7, 11) is -2.26. The van der Waals surface area contributed by atoms with Gasteiger partial charge in [0.15, 0.2) is 27.0 Å². The molecule has 3 rings (SSSR count). The zero-order chi connectivity index (χ0) is 22.6. The summed E-state index contributed by atoms with van der Waals surface area (Å²) in [6.07, 6.45) is -6.60. The molecule has 168 valence electrons. The molecule has 6 nitrogen and oxygen atoms in total. The fraction of sp³-hybridized carbons (Fsp3) is 0.611. The summed E-state index contributed by atoms with van der Waals surface area (Å²) in [6.45, 7) is 1.97. The first-order valence-electron chi connectivity index (χ1n) is 8.99. The molecule has 12 heteroatoms. The summed E-state index contributed by atoms with van der Waals surface area (Å²) in [6, 6.07) is 1.03. The molecule has 1 aromatic rings. The van der Waals surface area contributed by atoms with Gasteiger partial charge in [-0.1, -0.05) is 13.0 Å². The van der Waals surface area contributed by atoms with Crippen molar-refractivity contribution in [3.63, 3.8) is 0 Å². The lowest BCUT2D eigenvalue weighted by atomic mass is 9.77. The van der Waals surface area contributed by atoms with Gasteiger partial charge in [-0.25, -0.2) is 12.8 Å². The number of carbonyl (C=O) groups excluding carboxylic acids is 1. The molecule has 2 heterocycles. The van der Waals surface area contributed by atoms with Crippen LogP contribution in [0.25, 0.3) is 0 Å².